The number of pyridine rings is 1. The molecule has 2 aromatic rings. The molecule has 0 spiro atoms. The predicted molar refractivity (Wildman–Crippen MR) is 99.6 cm³/mol. The molecule has 0 N–H and O–H groups in total. The Morgan fingerprint density at radius 1 is 0.893 bits per heavy atom. The van der Waals surface area contributed by atoms with Crippen molar-refractivity contribution in [3.05, 3.63) is 40.7 Å². The molecular weight excluding hydrogens is 366 g/mol. The average Bonchev–Trinajstić information content (AvgIpc) is 2.96. The fourth-order valence-corrected chi connectivity index (χ4v) is 2.87. The number of ether oxygens (including phenoxy) is 3. The van der Waals surface area contributed by atoms with Crippen molar-refractivity contribution in [1.82, 2.24) is 4.40 Å². The van der Waals surface area contributed by atoms with Crippen LogP contribution in [0.25, 0.3) is 5.52 Å². The normalized spacial score (nSPS) is 10.6. The molecule has 8 nitrogen and oxygen atoms in total. The van der Waals surface area contributed by atoms with E-state index in [2.05, 4.69) is 0 Å². The van der Waals surface area contributed by atoms with Gasteiger partial charge in [-0.05, 0) is 45.4 Å². The highest BCUT2D eigenvalue weighted by atomic mass is 16.5. The molecule has 0 aliphatic carbocycles. The predicted octanol–water partition coefficient (Wildman–Crippen LogP) is 2.74. The van der Waals surface area contributed by atoms with Crippen LogP contribution in [0.15, 0.2) is 18.3 Å². The van der Waals surface area contributed by atoms with Gasteiger partial charge in [0.15, 0.2) is 5.78 Å². The fourth-order valence-electron chi connectivity index (χ4n) is 2.87. The molecule has 28 heavy (non-hydrogen) atoms. The summed E-state index contributed by atoms with van der Waals surface area (Å²) in [4.78, 5) is 49.9. The van der Waals surface area contributed by atoms with Gasteiger partial charge >= 0.3 is 17.9 Å². The van der Waals surface area contributed by atoms with Crippen LogP contribution in [0.5, 0.6) is 0 Å². The number of carbonyl (C=O) groups is 4. The van der Waals surface area contributed by atoms with Crippen molar-refractivity contribution >= 4 is 29.2 Å². The van der Waals surface area contributed by atoms with Gasteiger partial charge in [0.05, 0.1) is 25.3 Å². The number of hydrogen-bond acceptors (Lipinski definition) is 7. The summed E-state index contributed by atoms with van der Waals surface area (Å²) in [6.45, 7) is 6.96. The van der Waals surface area contributed by atoms with Gasteiger partial charge in [0.1, 0.15) is 23.2 Å². The summed E-state index contributed by atoms with van der Waals surface area (Å²) in [5, 5.41) is 0. The first-order valence-electron chi connectivity index (χ1n) is 9.03. The van der Waals surface area contributed by atoms with Crippen LogP contribution < -0.4 is 0 Å². The molecule has 2 rings (SSSR count). The van der Waals surface area contributed by atoms with E-state index < -0.39 is 30.1 Å². The summed E-state index contributed by atoms with van der Waals surface area (Å²) in [6.07, 6.45) is 0.997. The van der Waals surface area contributed by atoms with Crippen molar-refractivity contribution in [2.24, 2.45) is 0 Å². The zero-order valence-corrected chi connectivity index (χ0v) is 16.4. The summed E-state index contributed by atoms with van der Waals surface area (Å²) >= 11 is 0. The lowest BCUT2D eigenvalue weighted by molar-refractivity contribution is -0.141. The lowest BCUT2D eigenvalue weighted by Crippen LogP contribution is -2.18. The lowest BCUT2D eigenvalue weighted by atomic mass is 10.1. The second-order valence-corrected chi connectivity index (χ2v) is 5.90. The van der Waals surface area contributed by atoms with E-state index in [1.807, 2.05) is 6.92 Å². The average molecular weight is 389 g/mol. The third-order valence-corrected chi connectivity index (χ3v) is 3.93. The number of Topliss-reactive ketones (excluding diaryl/α,β-unsaturated/α-hetero) is 1. The Labute approximate surface area is 162 Å². The van der Waals surface area contributed by atoms with Crippen LogP contribution in [0.2, 0.25) is 0 Å². The van der Waals surface area contributed by atoms with Crippen molar-refractivity contribution in [3.8, 4) is 0 Å². The maximum atomic E-state index is 12.9. The molecule has 0 saturated heterocycles. The number of esters is 3. The largest absolute Gasteiger partial charge is 0.466 e. The Balaban J connectivity index is 2.77. The minimum atomic E-state index is -0.834. The lowest BCUT2D eigenvalue weighted by Gasteiger charge is -2.07. The van der Waals surface area contributed by atoms with Crippen molar-refractivity contribution < 1.29 is 33.4 Å². The molecule has 0 unspecified atom stereocenters. The van der Waals surface area contributed by atoms with Gasteiger partial charge in [-0.2, -0.15) is 0 Å². The molecule has 2 heterocycles. The third-order valence-electron chi connectivity index (χ3n) is 3.93. The first-order chi connectivity index (χ1) is 13.3. The van der Waals surface area contributed by atoms with Gasteiger partial charge in [-0.1, -0.05) is 0 Å². The first kappa shape index (κ1) is 21.1. The number of hydrogen-bond donors (Lipinski definition) is 0. The summed E-state index contributed by atoms with van der Waals surface area (Å²) < 4.78 is 16.4. The van der Waals surface area contributed by atoms with Gasteiger partial charge in [0, 0.05) is 6.20 Å². The zero-order valence-electron chi connectivity index (χ0n) is 16.4. The van der Waals surface area contributed by atoms with Crippen LogP contribution in [0, 0.1) is 6.92 Å². The van der Waals surface area contributed by atoms with Crippen molar-refractivity contribution in [3.63, 3.8) is 0 Å². The molecule has 0 saturated carbocycles. The van der Waals surface area contributed by atoms with Crippen molar-refractivity contribution in [2.45, 2.75) is 34.1 Å². The van der Waals surface area contributed by atoms with Crippen LogP contribution in [0.4, 0.5) is 0 Å². The van der Waals surface area contributed by atoms with Gasteiger partial charge in [-0.25, -0.2) is 9.59 Å². The number of rotatable bonds is 8. The monoisotopic (exact) mass is 389 g/mol. The number of aryl methyl sites for hydroxylation is 1. The molecule has 0 amide bonds. The number of aromatic nitrogens is 1. The fraction of sp³-hybridized carbons (Fsp3) is 0.400. The summed E-state index contributed by atoms with van der Waals surface area (Å²) in [5.74, 6) is -2.96. The summed E-state index contributed by atoms with van der Waals surface area (Å²) in [7, 11) is 0. The highest BCUT2D eigenvalue weighted by Gasteiger charge is 2.33. The Bertz CT molecular complexity index is 926. The maximum absolute atomic E-state index is 12.9. The molecule has 0 fully saturated rings. The van der Waals surface area contributed by atoms with Crippen molar-refractivity contribution in [2.75, 3.05) is 19.8 Å². The molecule has 2 aromatic heterocycles. The number of ketones is 1. The van der Waals surface area contributed by atoms with E-state index in [9.17, 15) is 19.2 Å². The van der Waals surface area contributed by atoms with E-state index in [4.69, 9.17) is 14.2 Å². The van der Waals surface area contributed by atoms with Crippen molar-refractivity contribution in [1.29, 1.82) is 0 Å². The molecule has 0 aliphatic rings. The topological polar surface area (TPSA) is 100 Å². The third kappa shape index (κ3) is 4.21. The van der Waals surface area contributed by atoms with Crippen LogP contribution in [0.1, 0.15) is 64.0 Å². The van der Waals surface area contributed by atoms with Gasteiger partial charge in [0.2, 0.25) is 0 Å². The number of carbonyl (C=O) groups excluding carboxylic acids is 4. The molecular formula is C20H23NO7. The Morgan fingerprint density at radius 2 is 1.46 bits per heavy atom. The van der Waals surface area contributed by atoms with Crippen LogP contribution in [-0.2, 0) is 19.0 Å². The highest BCUT2D eigenvalue weighted by molar-refractivity contribution is 6.18. The van der Waals surface area contributed by atoms with E-state index in [0.29, 0.717) is 5.52 Å². The van der Waals surface area contributed by atoms with E-state index >= 15 is 0 Å². The summed E-state index contributed by atoms with van der Waals surface area (Å²) in [6, 6.07) is 3.38. The molecule has 0 bridgehead atoms. The standard InChI is InChI=1S/C20H23NO7/c1-5-26-15(23)11-14(22)18-17(20(25)28-7-3)16(19(24)27-6-2)13-10-12(4)8-9-21(13)18/h8-10H,5-7,11H2,1-4H3. The second kappa shape index (κ2) is 9.16. The highest BCUT2D eigenvalue weighted by Crippen LogP contribution is 2.28. The van der Waals surface area contributed by atoms with E-state index in [1.165, 1.54) is 4.40 Å². The molecule has 0 aliphatic heterocycles. The molecule has 0 atom stereocenters. The quantitative estimate of drug-likeness (QED) is 0.296. The SMILES string of the molecule is CCOC(=O)CC(=O)c1c(C(=O)OCC)c(C(=O)OCC)c2cc(C)ccn12. The Hall–Kier alpha value is -3.16. The van der Waals surface area contributed by atoms with Gasteiger partial charge < -0.3 is 18.6 Å². The molecule has 150 valence electrons. The number of fused-ring (bicyclic) bond motifs is 1. The minimum absolute atomic E-state index is 0.0534. The Morgan fingerprint density at radius 3 is 2.04 bits per heavy atom. The van der Waals surface area contributed by atoms with Crippen LogP contribution in [0.3, 0.4) is 0 Å². The first-order valence-corrected chi connectivity index (χ1v) is 9.03. The minimum Gasteiger partial charge on any atom is -0.466 e. The maximum Gasteiger partial charge on any atom is 0.341 e. The van der Waals surface area contributed by atoms with E-state index in [-0.39, 0.29) is 36.6 Å². The smallest absolute Gasteiger partial charge is 0.341 e. The second-order valence-electron chi connectivity index (χ2n) is 5.90. The molecule has 8 heteroatoms. The van der Waals surface area contributed by atoms with E-state index in [1.54, 1.807) is 39.1 Å². The molecule has 0 radical (unpaired) electrons. The number of nitrogens with zero attached hydrogens (tertiary/aromatic N) is 1. The summed E-state index contributed by atoms with van der Waals surface area (Å²) in [5.41, 5.74) is 0.769. The molecule has 0 aromatic carbocycles. The Kier molecular flexibility index (Phi) is 6.92. The van der Waals surface area contributed by atoms with Crippen LogP contribution >= 0.6 is 0 Å². The van der Waals surface area contributed by atoms with E-state index in [0.717, 1.165) is 5.56 Å². The van der Waals surface area contributed by atoms with Gasteiger partial charge in [-0.3, -0.25) is 9.59 Å². The zero-order chi connectivity index (χ0) is 20.8. The van der Waals surface area contributed by atoms with Gasteiger partial charge in [-0.15, -0.1) is 0 Å². The van der Waals surface area contributed by atoms with Gasteiger partial charge in [0.25, 0.3) is 0 Å². The van der Waals surface area contributed by atoms with Crippen LogP contribution in [-0.4, -0.2) is 47.9 Å².